The van der Waals surface area contributed by atoms with Crippen LogP contribution in [0.1, 0.15) is 0 Å². The van der Waals surface area contributed by atoms with Crippen LogP contribution in [0.5, 0.6) is 0 Å². The van der Waals surface area contributed by atoms with Crippen LogP contribution in [0.25, 0.3) is 0 Å². The van der Waals surface area contributed by atoms with Crippen LogP contribution in [0.3, 0.4) is 0 Å². The summed E-state index contributed by atoms with van der Waals surface area (Å²) in [5, 5.41) is 2.88. The summed E-state index contributed by atoms with van der Waals surface area (Å²) in [4.78, 5) is 29.8. The van der Waals surface area contributed by atoms with Gasteiger partial charge in [0.1, 0.15) is 0 Å². The smallest absolute Gasteiger partial charge is 0.327 e. The number of nitrogens with one attached hydrogen (secondary N) is 1. The monoisotopic (exact) mass is 208 g/mol. The molecule has 0 aliphatic carbocycles. The molecule has 1 amide bonds. The van der Waals surface area contributed by atoms with Gasteiger partial charge in [0.25, 0.3) is 0 Å². The van der Waals surface area contributed by atoms with Crippen molar-refractivity contribution in [1.29, 1.82) is 0 Å². The van der Waals surface area contributed by atoms with Gasteiger partial charge in [-0.25, -0.2) is 0 Å². The number of hydrogen-bond acceptors (Lipinski definition) is 3. The normalized spacial score (nSPS) is 19.2. The van der Waals surface area contributed by atoms with Crippen molar-refractivity contribution in [3.05, 3.63) is 0 Å². The van der Waals surface area contributed by atoms with Crippen LogP contribution in [0.2, 0.25) is 0 Å². The Balaban J connectivity index is 2.35. The minimum absolute atomic E-state index is 0.0975. The lowest BCUT2D eigenvalue weighted by Crippen LogP contribution is -2.48. The van der Waals surface area contributed by atoms with Gasteiger partial charge in [-0.1, -0.05) is 0 Å². The summed E-state index contributed by atoms with van der Waals surface area (Å²) in [6.45, 7) is 1.62. The van der Waals surface area contributed by atoms with Gasteiger partial charge in [-0.15, -0.1) is 0 Å². The second-order valence-electron chi connectivity index (χ2n) is 2.95. The number of carbonyl (C=O) groups is 1. The fraction of sp³-hybridized carbons (Fsp3) is 0.833. The predicted octanol–water partition coefficient (Wildman–Crippen LogP) is -1.40. The molecule has 1 aliphatic heterocycles. The fourth-order valence-corrected chi connectivity index (χ4v) is 1.64. The average molecular weight is 208 g/mol. The van der Waals surface area contributed by atoms with E-state index >= 15 is 0 Å². The molecule has 1 saturated heterocycles. The van der Waals surface area contributed by atoms with Gasteiger partial charge in [0.2, 0.25) is 5.91 Å². The van der Waals surface area contributed by atoms with Crippen LogP contribution in [-0.4, -0.2) is 52.9 Å². The molecule has 76 valence electrons. The van der Waals surface area contributed by atoms with Crippen molar-refractivity contribution in [1.82, 2.24) is 10.2 Å². The van der Waals surface area contributed by atoms with E-state index in [1.807, 2.05) is 0 Å². The van der Waals surface area contributed by atoms with Gasteiger partial charge in [0.05, 0.1) is 12.7 Å². The van der Waals surface area contributed by atoms with E-state index in [1.165, 1.54) is 4.90 Å². The molecule has 0 radical (unpaired) electrons. The molecule has 7 heteroatoms. The molecule has 1 rings (SSSR count). The lowest BCUT2D eigenvalue weighted by Gasteiger charge is -2.27. The molecule has 1 aliphatic rings. The number of rotatable bonds is 3. The first-order valence-corrected chi connectivity index (χ1v) is 5.82. The van der Waals surface area contributed by atoms with E-state index in [9.17, 15) is 9.36 Å². The zero-order chi connectivity index (χ0) is 9.90. The molecule has 6 nitrogen and oxygen atoms in total. The van der Waals surface area contributed by atoms with Crippen LogP contribution >= 0.6 is 7.60 Å². The number of nitrogens with zero attached hydrogens (tertiary/aromatic N) is 1. The fourth-order valence-electron chi connectivity index (χ4n) is 1.13. The van der Waals surface area contributed by atoms with Crippen molar-refractivity contribution in [2.75, 3.05) is 32.3 Å². The van der Waals surface area contributed by atoms with Crippen molar-refractivity contribution < 1.29 is 19.1 Å². The maximum Gasteiger partial charge on any atom is 0.327 e. The summed E-state index contributed by atoms with van der Waals surface area (Å²) in [6, 6.07) is 0. The highest BCUT2D eigenvalue weighted by Gasteiger charge is 2.21. The molecule has 0 bridgehead atoms. The molecule has 0 spiro atoms. The third-order valence-corrected chi connectivity index (χ3v) is 2.63. The van der Waals surface area contributed by atoms with Crippen molar-refractivity contribution >= 4 is 13.5 Å². The zero-order valence-corrected chi connectivity index (χ0v) is 8.04. The minimum Gasteiger partial charge on any atom is -0.340 e. The minimum atomic E-state index is -3.97. The van der Waals surface area contributed by atoms with Crippen molar-refractivity contribution in [3.63, 3.8) is 0 Å². The first-order valence-electron chi connectivity index (χ1n) is 4.02. The number of carbonyl (C=O) groups excluding carboxylic acids is 1. The van der Waals surface area contributed by atoms with Gasteiger partial charge in [-0.05, 0) is 0 Å². The number of piperazine rings is 1. The predicted molar refractivity (Wildman–Crippen MR) is 46.4 cm³/mol. The molecular weight excluding hydrogens is 195 g/mol. The molecule has 3 N–H and O–H groups in total. The molecule has 0 aromatic heterocycles. The van der Waals surface area contributed by atoms with E-state index in [2.05, 4.69) is 5.32 Å². The van der Waals surface area contributed by atoms with E-state index in [-0.39, 0.29) is 25.2 Å². The Kier molecular flexibility index (Phi) is 3.44. The third-order valence-electron chi connectivity index (χ3n) is 1.85. The van der Waals surface area contributed by atoms with E-state index in [0.29, 0.717) is 13.1 Å². The van der Waals surface area contributed by atoms with Crippen LogP contribution in [0.4, 0.5) is 0 Å². The summed E-state index contributed by atoms with van der Waals surface area (Å²) in [7, 11) is -3.97. The summed E-state index contributed by atoms with van der Waals surface area (Å²) in [5.41, 5.74) is 0. The topological polar surface area (TPSA) is 89.9 Å². The third kappa shape index (κ3) is 3.87. The summed E-state index contributed by atoms with van der Waals surface area (Å²) in [5.74, 6) is -0.0975. The molecule has 0 aromatic rings. The lowest BCUT2D eigenvalue weighted by atomic mass is 10.3. The Hall–Kier alpha value is -0.420. The van der Waals surface area contributed by atoms with E-state index in [1.54, 1.807) is 0 Å². The Bertz CT molecular complexity index is 239. The van der Waals surface area contributed by atoms with Gasteiger partial charge < -0.3 is 20.0 Å². The van der Waals surface area contributed by atoms with E-state index < -0.39 is 7.60 Å². The summed E-state index contributed by atoms with van der Waals surface area (Å²) in [6.07, 6.45) is -0.251. The summed E-state index contributed by atoms with van der Waals surface area (Å²) >= 11 is 0. The first-order chi connectivity index (χ1) is 5.99. The molecule has 0 aromatic carbocycles. The highest BCUT2D eigenvalue weighted by molar-refractivity contribution is 7.51. The van der Waals surface area contributed by atoms with Gasteiger partial charge in [-0.2, -0.15) is 0 Å². The molecule has 1 heterocycles. The molecular formula is C6H13N2O4P. The molecule has 0 saturated carbocycles. The van der Waals surface area contributed by atoms with E-state index in [0.717, 1.165) is 0 Å². The van der Waals surface area contributed by atoms with Gasteiger partial charge in [0, 0.05) is 19.6 Å². The molecule has 0 atom stereocenters. The Morgan fingerprint density at radius 1 is 1.54 bits per heavy atom. The van der Waals surface area contributed by atoms with Gasteiger partial charge in [-0.3, -0.25) is 9.36 Å². The van der Waals surface area contributed by atoms with Crippen molar-refractivity contribution in [2.45, 2.75) is 0 Å². The summed E-state index contributed by atoms with van der Waals surface area (Å²) < 4.78 is 10.5. The maximum absolute atomic E-state index is 11.1. The SMILES string of the molecule is O=C1CNCCN1CCP(=O)(O)O. The maximum atomic E-state index is 11.1. The quantitative estimate of drug-likeness (QED) is 0.496. The Morgan fingerprint density at radius 3 is 2.77 bits per heavy atom. The molecule has 1 fully saturated rings. The molecule has 13 heavy (non-hydrogen) atoms. The van der Waals surface area contributed by atoms with Gasteiger partial charge >= 0.3 is 7.60 Å². The Labute approximate surface area is 76.1 Å². The Morgan fingerprint density at radius 2 is 2.23 bits per heavy atom. The van der Waals surface area contributed by atoms with E-state index in [4.69, 9.17) is 9.79 Å². The zero-order valence-electron chi connectivity index (χ0n) is 7.14. The molecule has 0 unspecified atom stereocenters. The van der Waals surface area contributed by atoms with Crippen LogP contribution in [0, 0.1) is 0 Å². The lowest BCUT2D eigenvalue weighted by molar-refractivity contribution is -0.131. The van der Waals surface area contributed by atoms with Crippen LogP contribution < -0.4 is 5.32 Å². The van der Waals surface area contributed by atoms with Crippen molar-refractivity contribution in [3.8, 4) is 0 Å². The van der Waals surface area contributed by atoms with Gasteiger partial charge in [0.15, 0.2) is 0 Å². The number of amides is 1. The highest BCUT2D eigenvalue weighted by Crippen LogP contribution is 2.33. The van der Waals surface area contributed by atoms with Crippen LogP contribution in [-0.2, 0) is 9.36 Å². The second-order valence-corrected chi connectivity index (χ2v) is 4.72. The largest absolute Gasteiger partial charge is 0.340 e. The number of hydrogen-bond donors (Lipinski definition) is 3. The highest BCUT2D eigenvalue weighted by atomic mass is 31.2. The van der Waals surface area contributed by atoms with Crippen molar-refractivity contribution in [2.24, 2.45) is 0 Å². The standard InChI is InChI=1S/C6H13N2O4P/c9-6-5-7-1-2-8(6)3-4-13(10,11)12/h7H,1-5H2,(H2,10,11,12). The average Bonchev–Trinajstić information content (AvgIpc) is 2.01. The van der Waals surface area contributed by atoms with Crippen LogP contribution in [0.15, 0.2) is 0 Å². The second kappa shape index (κ2) is 4.19. The first kappa shape index (κ1) is 10.7.